The topological polar surface area (TPSA) is 55.0 Å². The highest BCUT2D eigenvalue weighted by Gasteiger charge is 2.05. The molecule has 0 fully saturated rings. The molecule has 0 aliphatic rings. The molecule has 18 heavy (non-hydrogen) atoms. The molecule has 96 valence electrons. The van der Waals surface area contributed by atoms with Gasteiger partial charge >= 0.3 is 5.97 Å². The zero-order valence-corrected chi connectivity index (χ0v) is 11.5. The van der Waals surface area contributed by atoms with Gasteiger partial charge in [0.2, 0.25) is 0 Å². The Morgan fingerprint density at radius 2 is 2.39 bits per heavy atom. The molecule has 2 aromatic rings. The number of fused-ring (bicyclic) bond motifs is 1. The third-order valence-electron chi connectivity index (χ3n) is 2.41. The summed E-state index contributed by atoms with van der Waals surface area (Å²) >= 11 is 7.49. The van der Waals surface area contributed by atoms with E-state index in [1.807, 2.05) is 18.2 Å². The summed E-state index contributed by atoms with van der Waals surface area (Å²) < 4.78 is 4.58. The van der Waals surface area contributed by atoms with Crippen LogP contribution in [0.15, 0.2) is 23.4 Å². The first kappa shape index (κ1) is 13.2. The third kappa shape index (κ3) is 3.40. The molecule has 0 radical (unpaired) electrons. The van der Waals surface area contributed by atoms with Crippen LogP contribution in [0.5, 0.6) is 0 Å². The van der Waals surface area contributed by atoms with Crippen LogP contribution < -0.4 is 0 Å². The Bertz CT molecular complexity index is 556. The number of hydrogen-bond acceptors (Lipinski definition) is 4. The van der Waals surface area contributed by atoms with Crippen molar-refractivity contribution in [1.29, 1.82) is 0 Å². The summed E-state index contributed by atoms with van der Waals surface area (Å²) in [5, 5.41) is 1.53. The van der Waals surface area contributed by atoms with Crippen LogP contribution in [0.2, 0.25) is 5.02 Å². The number of carbonyl (C=O) groups is 1. The molecule has 0 amide bonds. The number of benzene rings is 1. The van der Waals surface area contributed by atoms with Gasteiger partial charge in [0, 0.05) is 17.2 Å². The maximum absolute atomic E-state index is 10.9. The molecule has 0 aliphatic carbocycles. The second kappa shape index (κ2) is 6.11. The fraction of sp³-hybridized carbons (Fsp3) is 0.333. The maximum atomic E-state index is 10.9. The highest BCUT2D eigenvalue weighted by molar-refractivity contribution is 7.99. The molecular formula is C12H13ClN2O2S. The molecule has 0 saturated carbocycles. The molecule has 2 rings (SSSR count). The normalized spacial score (nSPS) is 10.8. The van der Waals surface area contributed by atoms with E-state index >= 15 is 0 Å². The first-order valence-electron chi connectivity index (χ1n) is 5.54. The fourth-order valence-electron chi connectivity index (χ4n) is 1.51. The van der Waals surface area contributed by atoms with E-state index in [0.717, 1.165) is 28.4 Å². The lowest BCUT2D eigenvalue weighted by atomic mass is 10.3. The number of nitrogens with one attached hydrogen (secondary N) is 1. The molecule has 0 aliphatic heterocycles. The molecule has 0 atom stereocenters. The van der Waals surface area contributed by atoms with E-state index in [0.29, 0.717) is 11.4 Å². The number of halogens is 1. The van der Waals surface area contributed by atoms with Crippen molar-refractivity contribution in [3.05, 3.63) is 23.2 Å². The zero-order chi connectivity index (χ0) is 13.0. The number of aromatic nitrogens is 2. The fourth-order valence-corrected chi connectivity index (χ4v) is 2.51. The molecule has 0 unspecified atom stereocenters. The van der Waals surface area contributed by atoms with Gasteiger partial charge in [-0.2, -0.15) is 0 Å². The van der Waals surface area contributed by atoms with E-state index in [1.165, 1.54) is 7.11 Å². The van der Waals surface area contributed by atoms with Crippen molar-refractivity contribution >= 4 is 40.4 Å². The number of nitrogens with zero attached hydrogens (tertiary/aromatic N) is 1. The summed E-state index contributed by atoms with van der Waals surface area (Å²) in [6.45, 7) is 0. The third-order valence-corrected chi connectivity index (χ3v) is 3.61. The molecule has 1 aromatic carbocycles. The number of thioether (sulfide) groups is 1. The number of rotatable bonds is 5. The number of aromatic amines is 1. The van der Waals surface area contributed by atoms with Crippen LogP contribution in [0.4, 0.5) is 0 Å². The van der Waals surface area contributed by atoms with Crippen molar-refractivity contribution in [2.75, 3.05) is 12.9 Å². The molecule has 6 heteroatoms. The average Bonchev–Trinajstić information content (AvgIpc) is 2.76. The van der Waals surface area contributed by atoms with Crippen LogP contribution in [-0.2, 0) is 9.53 Å². The number of carbonyl (C=O) groups excluding carboxylic acids is 1. The minimum Gasteiger partial charge on any atom is -0.469 e. The Labute approximate surface area is 114 Å². The van der Waals surface area contributed by atoms with Gasteiger partial charge in [-0.15, -0.1) is 0 Å². The summed E-state index contributed by atoms with van der Waals surface area (Å²) in [6.07, 6.45) is 1.21. The predicted molar refractivity (Wildman–Crippen MR) is 73.1 cm³/mol. The van der Waals surface area contributed by atoms with Crippen molar-refractivity contribution < 1.29 is 9.53 Å². The van der Waals surface area contributed by atoms with Crippen LogP contribution >= 0.6 is 23.4 Å². The SMILES string of the molecule is COC(=O)CCCSc1nc2ccc(Cl)cc2[nH]1. The summed E-state index contributed by atoms with van der Waals surface area (Å²) in [7, 11) is 1.40. The van der Waals surface area contributed by atoms with E-state index in [1.54, 1.807) is 11.8 Å². The highest BCUT2D eigenvalue weighted by atomic mass is 35.5. The van der Waals surface area contributed by atoms with Crippen LogP contribution in [0.1, 0.15) is 12.8 Å². The second-order valence-corrected chi connectivity index (χ2v) is 5.25. The number of H-pyrrole nitrogens is 1. The minimum atomic E-state index is -0.174. The Hall–Kier alpha value is -1.20. The van der Waals surface area contributed by atoms with Gasteiger partial charge in [0.05, 0.1) is 18.1 Å². The Kier molecular flexibility index (Phi) is 4.49. The molecule has 0 bridgehead atoms. The minimum absolute atomic E-state index is 0.174. The van der Waals surface area contributed by atoms with Crippen molar-refractivity contribution in [3.8, 4) is 0 Å². The Morgan fingerprint density at radius 3 is 3.17 bits per heavy atom. The van der Waals surface area contributed by atoms with Gasteiger partial charge in [0.15, 0.2) is 5.16 Å². The van der Waals surface area contributed by atoms with E-state index in [-0.39, 0.29) is 5.97 Å². The average molecular weight is 285 g/mol. The van der Waals surface area contributed by atoms with Gasteiger partial charge in [-0.3, -0.25) is 4.79 Å². The zero-order valence-electron chi connectivity index (χ0n) is 9.90. The number of methoxy groups -OCH3 is 1. The number of hydrogen-bond donors (Lipinski definition) is 1. The van der Waals surface area contributed by atoms with Gasteiger partial charge in [-0.1, -0.05) is 23.4 Å². The smallest absolute Gasteiger partial charge is 0.305 e. The van der Waals surface area contributed by atoms with Crippen molar-refractivity contribution in [1.82, 2.24) is 9.97 Å². The molecule has 1 aromatic heterocycles. The summed E-state index contributed by atoms with van der Waals surface area (Å²) in [6, 6.07) is 5.55. The maximum Gasteiger partial charge on any atom is 0.305 e. The second-order valence-electron chi connectivity index (χ2n) is 3.73. The lowest BCUT2D eigenvalue weighted by Gasteiger charge is -1.97. The highest BCUT2D eigenvalue weighted by Crippen LogP contribution is 2.22. The molecule has 0 spiro atoms. The van der Waals surface area contributed by atoms with Gasteiger partial charge in [-0.25, -0.2) is 4.98 Å². The first-order valence-corrected chi connectivity index (χ1v) is 6.90. The first-order chi connectivity index (χ1) is 8.69. The predicted octanol–water partition coefficient (Wildman–Crippen LogP) is 3.26. The standard InChI is InChI=1S/C12H13ClN2O2S/c1-17-11(16)3-2-6-18-12-14-9-5-4-8(13)7-10(9)15-12/h4-5,7H,2-3,6H2,1H3,(H,14,15). The summed E-state index contributed by atoms with van der Waals surface area (Å²) in [5.74, 6) is 0.648. The molecule has 4 nitrogen and oxygen atoms in total. The van der Waals surface area contributed by atoms with Crippen molar-refractivity contribution in [2.45, 2.75) is 18.0 Å². The van der Waals surface area contributed by atoms with E-state index in [2.05, 4.69) is 14.7 Å². The lowest BCUT2D eigenvalue weighted by molar-refractivity contribution is -0.140. The van der Waals surface area contributed by atoms with E-state index in [4.69, 9.17) is 11.6 Å². The van der Waals surface area contributed by atoms with Crippen molar-refractivity contribution in [2.24, 2.45) is 0 Å². The van der Waals surface area contributed by atoms with Crippen molar-refractivity contribution in [3.63, 3.8) is 0 Å². The lowest BCUT2D eigenvalue weighted by Crippen LogP contribution is -2.00. The molecule has 1 heterocycles. The van der Waals surface area contributed by atoms with Crippen LogP contribution in [0.25, 0.3) is 11.0 Å². The summed E-state index contributed by atoms with van der Waals surface area (Å²) in [4.78, 5) is 18.5. The van der Waals surface area contributed by atoms with Gasteiger partial charge in [0.25, 0.3) is 0 Å². The molecule has 0 saturated heterocycles. The number of esters is 1. The molecule has 1 N–H and O–H groups in total. The quantitative estimate of drug-likeness (QED) is 0.520. The Morgan fingerprint density at radius 1 is 1.56 bits per heavy atom. The largest absolute Gasteiger partial charge is 0.469 e. The van der Waals surface area contributed by atoms with Crippen LogP contribution in [0.3, 0.4) is 0 Å². The summed E-state index contributed by atoms with van der Waals surface area (Å²) in [5.41, 5.74) is 1.83. The monoisotopic (exact) mass is 284 g/mol. The number of imidazole rings is 1. The van der Waals surface area contributed by atoms with Crippen LogP contribution in [0, 0.1) is 0 Å². The van der Waals surface area contributed by atoms with E-state index in [9.17, 15) is 4.79 Å². The van der Waals surface area contributed by atoms with E-state index < -0.39 is 0 Å². The Balaban J connectivity index is 1.90. The number of ether oxygens (including phenoxy) is 1. The van der Waals surface area contributed by atoms with Gasteiger partial charge in [0.1, 0.15) is 0 Å². The van der Waals surface area contributed by atoms with Gasteiger partial charge < -0.3 is 9.72 Å². The van der Waals surface area contributed by atoms with Gasteiger partial charge in [-0.05, 0) is 24.6 Å². The molecular weight excluding hydrogens is 272 g/mol. The van der Waals surface area contributed by atoms with Crippen LogP contribution in [-0.4, -0.2) is 28.8 Å².